The molecule has 0 aromatic rings. The number of piperidine rings is 1. The van der Waals surface area contributed by atoms with Gasteiger partial charge in [0.25, 0.3) is 0 Å². The molecule has 3 atom stereocenters. The van der Waals surface area contributed by atoms with Crippen molar-refractivity contribution in [3.8, 4) is 0 Å². The molecule has 1 heterocycles. The first-order valence-electron chi connectivity index (χ1n) is 6.19. The standard InChI is InChI=1S/C12H25NOSi/c1-12(2,3)15(4,5)14-8-10-6-9-7-11(9)13-10/h9-11,13H,6-8H2,1-5H3/t9-,10+,11+/m1/s1. The van der Waals surface area contributed by atoms with E-state index in [4.69, 9.17) is 4.43 Å². The highest BCUT2D eigenvalue weighted by molar-refractivity contribution is 6.74. The van der Waals surface area contributed by atoms with E-state index in [0.29, 0.717) is 11.1 Å². The minimum absolute atomic E-state index is 0.342. The van der Waals surface area contributed by atoms with Gasteiger partial charge < -0.3 is 9.74 Å². The number of hydrogen-bond donors (Lipinski definition) is 1. The van der Waals surface area contributed by atoms with E-state index in [1.54, 1.807) is 0 Å². The van der Waals surface area contributed by atoms with E-state index >= 15 is 0 Å². The summed E-state index contributed by atoms with van der Waals surface area (Å²) in [5, 5.41) is 3.99. The average Bonchev–Trinajstić information content (AvgIpc) is 2.69. The van der Waals surface area contributed by atoms with Crippen LogP contribution in [0.15, 0.2) is 0 Å². The fourth-order valence-corrected chi connectivity index (χ4v) is 3.14. The molecular formula is C12H25NOSi. The summed E-state index contributed by atoms with van der Waals surface area (Å²) in [5.74, 6) is 0.984. The van der Waals surface area contributed by atoms with E-state index in [1.165, 1.54) is 12.8 Å². The van der Waals surface area contributed by atoms with Crippen LogP contribution >= 0.6 is 0 Å². The van der Waals surface area contributed by atoms with E-state index in [2.05, 4.69) is 39.2 Å². The predicted molar refractivity (Wildman–Crippen MR) is 66.6 cm³/mol. The Morgan fingerprint density at radius 1 is 1.27 bits per heavy atom. The van der Waals surface area contributed by atoms with Crippen LogP contribution in [0.4, 0.5) is 0 Å². The van der Waals surface area contributed by atoms with Crippen molar-refractivity contribution in [3.63, 3.8) is 0 Å². The second kappa shape index (κ2) is 3.57. The Kier molecular flexibility index (Phi) is 2.77. The van der Waals surface area contributed by atoms with Crippen molar-refractivity contribution < 1.29 is 4.43 Å². The Morgan fingerprint density at radius 3 is 2.40 bits per heavy atom. The van der Waals surface area contributed by atoms with Crippen LogP contribution in [-0.4, -0.2) is 27.0 Å². The van der Waals surface area contributed by atoms with Gasteiger partial charge in [-0.1, -0.05) is 20.8 Å². The third-order valence-corrected chi connectivity index (χ3v) is 8.91. The van der Waals surface area contributed by atoms with Gasteiger partial charge in [0.15, 0.2) is 8.32 Å². The van der Waals surface area contributed by atoms with Crippen LogP contribution < -0.4 is 5.32 Å². The van der Waals surface area contributed by atoms with Crippen LogP contribution in [0, 0.1) is 5.92 Å². The molecule has 2 nitrogen and oxygen atoms in total. The Labute approximate surface area is 94.9 Å². The Morgan fingerprint density at radius 2 is 1.93 bits per heavy atom. The Bertz CT molecular complexity index is 236. The summed E-state index contributed by atoms with van der Waals surface area (Å²) in [7, 11) is -1.52. The lowest BCUT2D eigenvalue weighted by molar-refractivity contribution is 0.246. The largest absolute Gasteiger partial charge is 0.415 e. The summed E-state index contributed by atoms with van der Waals surface area (Å²) < 4.78 is 6.22. The molecule has 0 aromatic carbocycles. The highest BCUT2D eigenvalue weighted by Gasteiger charge is 2.46. The molecule has 0 bridgehead atoms. The van der Waals surface area contributed by atoms with Crippen molar-refractivity contribution in [2.24, 2.45) is 5.92 Å². The number of rotatable bonds is 3. The SMILES string of the molecule is CC(C)(C)[Si](C)(C)OC[C@@H]1C[C@@H]2C[C@@H]2N1. The van der Waals surface area contributed by atoms with E-state index in [0.717, 1.165) is 18.6 Å². The zero-order chi connectivity index (χ0) is 11.3. The molecule has 0 aromatic heterocycles. The van der Waals surface area contributed by atoms with Gasteiger partial charge in [0.2, 0.25) is 0 Å². The normalized spacial score (nSPS) is 35.4. The van der Waals surface area contributed by atoms with E-state index in [-0.39, 0.29) is 0 Å². The molecule has 1 aliphatic heterocycles. The average molecular weight is 227 g/mol. The highest BCUT2D eigenvalue weighted by Crippen LogP contribution is 2.42. The van der Waals surface area contributed by atoms with Crippen LogP contribution in [0.3, 0.4) is 0 Å². The first-order chi connectivity index (χ1) is 6.79. The van der Waals surface area contributed by atoms with Gasteiger partial charge >= 0.3 is 0 Å². The molecule has 3 heteroatoms. The first-order valence-corrected chi connectivity index (χ1v) is 9.10. The molecule has 1 aliphatic carbocycles. The van der Waals surface area contributed by atoms with Gasteiger partial charge in [-0.05, 0) is 36.9 Å². The van der Waals surface area contributed by atoms with Gasteiger partial charge in [-0.15, -0.1) is 0 Å². The van der Waals surface area contributed by atoms with Crippen LogP contribution in [0.2, 0.25) is 18.1 Å². The molecule has 2 aliphatic rings. The lowest BCUT2D eigenvalue weighted by atomic mass is 10.2. The molecule has 0 unspecified atom stereocenters. The lowest BCUT2D eigenvalue weighted by Gasteiger charge is -2.37. The minimum Gasteiger partial charge on any atom is -0.415 e. The van der Waals surface area contributed by atoms with Gasteiger partial charge in [-0.25, -0.2) is 0 Å². The van der Waals surface area contributed by atoms with E-state index < -0.39 is 8.32 Å². The van der Waals surface area contributed by atoms with Gasteiger partial charge in [-0.3, -0.25) is 0 Å². The summed E-state index contributed by atoms with van der Waals surface area (Å²) >= 11 is 0. The monoisotopic (exact) mass is 227 g/mol. The molecule has 15 heavy (non-hydrogen) atoms. The predicted octanol–water partition coefficient (Wildman–Crippen LogP) is 2.76. The van der Waals surface area contributed by atoms with Crippen LogP contribution in [0.1, 0.15) is 33.6 Å². The molecule has 2 fully saturated rings. The maximum atomic E-state index is 6.22. The number of fused-ring (bicyclic) bond motifs is 1. The third-order valence-electron chi connectivity index (χ3n) is 4.41. The summed E-state index contributed by atoms with van der Waals surface area (Å²) in [5.41, 5.74) is 0. The van der Waals surface area contributed by atoms with Gasteiger partial charge in [0.05, 0.1) is 0 Å². The van der Waals surface area contributed by atoms with Crippen LogP contribution in [0.5, 0.6) is 0 Å². The number of hydrogen-bond acceptors (Lipinski definition) is 2. The Hall–Kier alpha value is 0.137. The van der Waals surface area contributed by atoms with Crippen molar-refractivity contribution in [2.45, 2.75) is 63.8 Å². The molecule has 0 radical (unpaired) electrons. The van der Waals surface area contributed by atoms with E-state index in [9.17, 15) is 0 Å². The van der Waals surface area contributed by atoms with Crippen molar-refractivity contribution in [1.29, 1.82) is 0 Å². The molecule has 88 valence electrons. The van der Waals surface area contributed by atoms with E-state index in [1.807, 2.05) is 0 Å². The van der Waals surface area contributed by atoms with Crippen molar-refractivity contribution in [3.05, 3.63) is 0 Å². The molecule has 0 amide bonds. The van der Waals surface area contributed by atoms with Crippen LogP contribution in [-0.2, 0) is 4.43 Å². The maximum Gasteiger partial charge on any atom is 0.192 e. The summed E-state index contributed by atoms with van der Waals surface area (Å²) in [6.45, 7) is 12.5. The second-order valence-electron chi connectivity index (χ2n) is 6.77. The molecule has 1 saturated carbocycles. The lowest BCUT2D eigenvalue weighted by Crippen LogP contribution is -2.44. The molecular weight excluding hydrogens is 202 g/mol. The third kappa shape index (κ3) is 2.45. The minimum atomic E-state index is -1.52. The molecule has 2 rings (SSSR count). The van der Waals surface area contributed by atoms with Crippen molar-refractivity contribution in [2.75, 3.05) is 6.61 Å². The number of nitrogens with one attached hydrogen (secondary N) is 1. The fourth-order valence-electron chi connectivity index (χ4n) is 2.09. The smallest absolute Gasteiger partial charge is 0.192 e. The summed E-state index contributed by atoms with van der Waals surface area (Å²) in [6, 6.07) is 1.49. The van der Waals surface area contributed by atoms with Crippen molar-refractivity contribution >= 4 is 8.32 Å². The van der Waals surface area contributed by atoms with Crippen LogP contribution in [0.25, 0.3) is 0 Å². The molecule has 1 saturated heterocycles. The summed E-state index contributed by atoms with van der Waals surface area (Å²) in [6.07, 6.45) is 2.76. The molecule has 0 spiro atoms. The maximum absolute atomic E-state index is 6.22. The second-order valence-corrected chi connectivity index (χ2v) is 11.6. The van der Waals surface area contributed by atoms with Crippen molar-refractivity contribution in [1.82, 2.24) is 5.32 Å². The highest BCUT2D eigenvalue weighted by atomic mass is 28.4. The summed E-state index contributed by atoms with van der Waals surface area (Å²) in [4.78, 5) is 0. The fraction of sp³-hybridized carbons (Fsp3) is 1.00. The van der Waals surface area contributed by atoms with Gasteiger partial charge in [0, 0.05) is 18.7 Å². The topological polar surface area (TPSA) is 21.3 Å². The Balaban J connectivity index is 1.77. The quantitative estimate of drug-likeness (QED) is 0.749. The zero-order valence-corrected chi connectivity index (χ0v) is 11.8. The first kappa shape index (κ1) is 11.6. The molecule has 1 N–H and O–H groups in total. The zero-order valence-electron chi connectivity index (χ0n) is 10.8. The van der Waals surface area contributed by atoms with Gasteiger partial charge in [-0.2, -0.15) is 0 Å². The van der Waals surface area contributed by atoms with Gasteiger partial charge in [0.1, 0.15) is 0 Å².